The molecule has 1 N–H and O–H groups in total. The number of nitrogens with one attached hydrogen (secondary N) is 1. The van der Waals surface area contributed by atoms with Gasteiger partial charge < -0.3 is 10.2 Å². The molecule has 1 unspecified atom stereocenters. The van der Waals surface area contributed by atoms with Crippen LogP contribution in [0.5, 0.6) is 0 Å². The van der Waals surface area contributed by atoms with E-state index in [-0.39, 0.29) is 0 Å². The van der Waals surface area contributed by atoms with Crippen molar-refractivity contribution in [2.75, 3.05) is 16.8 Å². The zero-order chi connectivity index (χ0) is 13.9. The number of hydrogen-bond donors (Lipinski definition) is 1. The third kappa shape index (κ3) is 2.33. The van der Waals surface area contributed by atoms with Crippen LogP contribution in [0.15, 0.2) is 24.3 Å². The zero-order valence-electron chi connectivity index (χ0n) is 12.0. The minimum absolute atomic E-state index is 0.414. The van der Waals surface area contributed by atoms with Crippen molar-refractivity contribution in [3.05, 3.63) is 30.1 Å². The molecule has 6 heteroatoms. The van der Waals surface area contributed by atoms with Gasteiger partial charge in [-0.3, -0.25) is 0 Å². The van der Waals surface area contributed by atoms with Crippen LogP contribution in [0.1, 0.15) is 26.1 Å². The van der Waals surface area contributed by atoms with Crippen LogP contribution in [-0.2, 0) is 13.1 Å². The lowest BCUT2D eigenvalue weighted by atomic mass is 10.1. The first-order valence-electron chi connectivity index (χ1n) is 7.14. The Balaban J connectivity index is 1.88. The summed E-state index contributed by atoms with van der Waals surface area (Å²) in [6.07, 6.45) is 1.03. The van der Waals surface area contributed by atoms with Gasteiger partial charge in [0, 0.05) is 19.1 Å². The molecular formula is C14H20N6. The van der Waals surface area contributed by atoms with E-state index in [2.05, 4.69) is 63.9 Å². The van der Waals surface area contributed by atoms with Crippen molar-refractivity contribution in [1.29, 1.82) is 0 Å². The number of fused-ring (bicyclic) bond motifs is 1. The van der Waals surface area contributed by atoms with Gasteiger partial charge >= 0.3 is 0 Å². The highest BCUT2D eigenvalue weighted by Crippen LogP contribution is 2.31. The molecular weight excluding hydrogens is 252 g/mol. The molecule has 3 rings (SSSR count). The number of nitrogens with zero attached hydrogens (tertiary/aromatic N) is 5. The monoisotopic (exact) mass is 272 g/mol. The highest BCUT2D eigenvalue weighted by atomic mass is 15.5. The maximum atomic E-state index is 4.18. The van der Waals surface area contributed by atoms with Crippen LogP contribution in [0.2, 0.25) is 0 Å². The second kappa shape index (κ2) is 5.48. The average Bonchev–Trinajstić information content (AvgIpc) is 2.90. The second-order valence-corrected chi connectivity index (χ2v) is 5.19. The number of rotatable bonds is 4. The van der Waals surface area contributed by atoms with Gasteiger partial charge in [0.1, 0.15) is 0 Å². The Kier molecular flexibility index (Phi) is 3.54. The smallest absolute Gasteiger partial charge is 0.170 e. The fourth-order valence-electron chi connectivity index (χ4n) is 2.59. The molecule has 6 nitrogen and oxygen atoms in total. The van der Waals surface area contributed by atoms with Crippen molar-refractivity contribution in [1.82, 2.24) is 20.2 Å². The zero-order valence-corrected chi connectivity index (χ0v) is 12.0. The lowest BCUT2D eigenvalue weighted by Crippen LogP contribution is -2.42. The Hall–Kier alpha value is -2.11. The Morgan fingerprint density at radius 2 is 2.20 bits per heavy atom. The predicted molar refractivity (Wildman–Crippen MR) is 78.7 cm³/mol. The molecule has 1 aliphatic heterocycles. The van der Waals surface area contributed by atoms with Crippen molar-refractivity contribution >= 4 is 11.4 Å². The van der Waals surface area contributed by atoms with E-state index in [0.717, 1.165) is 31.9 Å². The maximum Gasteiger partial charge on any atom is 0.170 e. The summed E-state index contributed by atoms with van der Waals surface area (Å²) < 4.78 is 1.90. The summed E-state index contributed by atoms with van der Waals surface area (Å²) in [6, 6.07) is 8.80. The van der Waals surface area contributed by atoms with E-state index in [0.29, 0.717) is 6.04 Å². The summed E-state index contributed by atoms with van der Waals surface area (Å²) in [6.45, 7) is 6.90. The lowest BCUT2D eigenvalue weighted by molar-refractivity contribution is 0.536. The molecule has 1 aromatic heterocycles. The molecule has 0 aliphatic carbocycles. The van der Waals surface area contributed by atoms with Gasteiger partial charge in [-0.2, -0.15) is 0 Å². The molecule has 1 atom stereocenters. The van der Waals surface area contributed by atoms with Crippen molar-refractivity contribution in [2.24, 2.45) is 0 Å². The summed E-state index contributed by atoms with van der Waals surface area (Å²) in [7, 11) is 0. The fourth-order valence-corrected chi connectivity index (χ4v) is 2.59. The molecule has 0 saturated heterocycles. The van der Waals surface area contributed by atoms with Gasteiger partial charge in [0.2, 0.25) is 0 Å². The summed E-state index contributed by atoms with van der Waals surface area (Å²) in [5.74, 6) is 0.926. The van der Waals surface area contributed by atoms with Crippen LogP contribution in [0.3, 0.4) is 0 Å². The average molecular weight is 272 g/mol. The summed E-state index contributed by atoms with van der Waals surface area (Å²) in [4.78, 5) is 2.36. The van der Waals surface area contributed by atoms with E-state index < -0.39 is 0 Å². The lowest BCUT2D eigenvalue weighted by Gasteiger charge is -2.37. The minimum Gasteiger partial charge on any atom is -0.381 e. The van der Waals surface area contributed by atoms with Crippen molar-refractivity contribution in [2.45, 2.75) is 39.4 Å². The van der Waals surface area contributed by atoms with Gasteiger partial charge in [-0.15, -0.1) is 5.10 Å². The number of tetrazole rings is 1. The van der Waals surface area contributed by atoms with Crippen LogP contribution in [0.4, 0.5) is 11.4 Å². The van der Waals surface area contributed by atoms with E-state index in [4.69, 9.17) is 0 Å². The van der Waals surface area contributed by atoms with E-state index in [1.54, 1.807) is 0 Å². The molecule has 1 aliphatic rings. The first-order valence-corrected chi connectivity index (χ1v) is 7.14. The molecule has 0 radical (unpaired) electrons. The maximum absolute atomic E-state index is 4.18. The van der Waals surface area contributed by atoms with Crippen molar-refractivity contribution in [3.63, 3.8) is 0 Å². The van der Waals surface area contributed by atoms with Crippen LogP contribution < -0.4 is 10.2 Å². The largest absolute Gasteiger partial charge is 0.381 e. The van der Waals surface area contributed by atoms with E-state index in [9.17, 15) is 0 Å². The number of benzene rings is 1. The van der Waals surface area contributed by atoms with Crippen LogP contribution in [0.25, 0.3) is 0 Å². The normalized spacial score (nSPS) is 17.7. The van der Waals surface area contributed by atoms with Crippen molar-refractivity contribution < 1.29 is 0 Å². The molecule has 0 fully saturated rings. The Bertz CT molecular complexity index is 579. The molecule has 0 saturated carbocycles. The Morgan fingerprint density at radius 1 is 1.35 bits per heavy atom. The number of anilines is 2. The molecule has 20 heavy (non-hydrogen) atoms. The summed E-state index contributed by atoms with van der Waals surface area (Å²) in [5, 5.41) is 15.5. The fraction of sp³-hybridized carbons (Fsp3) is 0.500. The molecule has 1 aromatic carbocycles. The van der Waals surface area contributed by atoms with Gasteiger partial charge in [-0.1, -0.05) is 19.1 Å². The molecule has 106 valence electrons. The molecule has 2 aromatic rings. The minimum atomic E-state index is 0.414. The number of para-hydroxylation sites is 2. The number of aromatic nitrogens is 4. The third-order valence-corrected chi connectivity index (χ3v) is 3.69. The summed E-state index contributed by atoms with van der Waals surface area (Å²) in [5.41, 5.74) is 2.40. The predicted octanol–water partition coefficient (Wildman–Crippen LogP) is 1.90. The standard InChI is InChI=1S/C14H20N6/c1-3-8-20-14(16-17-18-20)10-19-11(2)9-15-12-6-4-5-7-13(12)19/h4-7,11,15H,3,8-10H2,1-2H3. The quantitative estimate of drug-likeness (QED) is 0.921. The Morgan fingerprint density at radius 3 is 3.05 bits per heavy atom. The molecule has 0 bridgehead atoms. The number of hydrogen-bond acceptors (Lipinski definition) is 5. The number of aryl methyl sites for hydroxylation is 1. The third-order valence-electron chi connectivity index (χ3n) is 3.69. The first kappa shape index (κ1) is 12.9. The van der Waals surface area contributed by atoms with E-state index in [1.807, 2.05) is 4.68 Å². The second-order valence-electron chi connectivity index (χ2n) is 5.19. The Labute approximate surface area is 118 Å². The van der Waals surface area contributed by atoms with E-state index >= 15 is 0 Å². The van der Waals surface area contributed by atoms with Gasteiger partial charge in [-0.25, -0.2) is 4.68 Å². The highest BCUT2D eigenvalue weighted by Gasteiger charge is 2.24. The van der Waals surface area contributed by atoms with Gasteiger partial charge in [0.05, 0.1) is 17.9 Å². The summed E-state index contributed by atoms with van der Waals surface area (Å²) >= 11 is 0. The van der Waals surface area contributed by atoms with Crippen LogP contribution >= 0.6 is 0 Å². The topological polar surface area (TPSA) is 58.9 Å². The first-order chi connectivity index (χ1) is 9.79. The van der Waals surface area contributed by atoms with Gasteiger partial charge in [0.25, 0.3) is 0 Å². The van der Waals surface area contributed by atoms with Crippen LogP contribution in [-0.4, -0.2) is 32.8 Å². The van der Waals surface area contributed by atoms with Gasteiger partial charge in [0.15, 0.2) is 5.82 Å². The molecule has 0 amide bonds. The van der Waals surface area contributed by atoms with Gasteiger partial charge in [-0.05, 0) is 35.9 Å². The van der Waals surface area contributed by atoms with Crippen molar-refractivity contribution in [3.8, 4) is 0 Å². The van der Waals surface area contributed by atoms with E-state index in [1.165, 1.54) is 11.4 Å². The molecule has 2 heterocycles. The SMILES string of the molecule is CCCn1nnnc1CN1c2ccccc2NCC1C. The molecule has 0 spiro atoms. The van der Waals surface area contributed by atoms with Crippen LogP contribution in [0, 0.1) is 0 Å². The highest BCUT2D eigenvalue weighted by molar-refractivity contribution is 5.72.